The molecule has 2 saturated heterocycles. The maximum absolute atomic E-state index is 14.0. The number of nitrogens with zero attached hydrogens (tertiary/aromatic N) is 3. The van der Waals surface area contributed by atoms with Gasteiger partial charge in [-0.1, -0.05) is 51.5 Å². The molecule has 2 amide bonds. The average Bonchev–Trinajstić information content (AvgIpc) is 3.66. The minimum Gasteiger partial charge on any atom is -0.493 e. The number of aliphatic carboxylic acids is 1. The van der Waals surface area contributed by atoms with Crippen molar-refractivity contribution in [2.24, 2.45) is 17.1 Å². The largest absolute Gasteiger partial charge is 0.493 e. The second-order valence-electron chi connectivity index (χ2n) is 13.2. The molecule has 9 nitrogen and oxygen atoms in total. The first-order valence-electron chi connectivity index (χ1n) is 15.7. The fourth-order valence-corrected chi connectivity index (χ4v) is 7.13. The van der Waals surface area contributed by atoms with Gasteiger partial charge in [0, 0.05) is 63.2 Å². The van der Waals surface area contributed by atoms with E-state index >= 15 is 0 Å². The predicted octanol–water partition coefficient (Wildman–Crippen LogP) is 4.03. The van der Waals surface area contributed by atoms with Crippen molar-refractivity contribution in [3.05, 3.63) is 59.2 Å². The van der Waals surface area contributed by atoms with Gasteiger partial charge in [-0.25, -0.2) is 0 Å². The number of rotatable bonds is 12. The van der Waals surface area contributed by atoms with E-state index in [0.29, 0.717) is 52.2 Å². The quantitative estimate of drug-likeness (QED) is 0.383. The number of carbonyl (C=O) groups excluding carboxylic acids is 2. The third-order valence-electron chi connectivity index (χ3n) is 9.30. The van der Waals surface area contributed by atoms with Gasteiger partial charge in [0.2, 0.25) is 11.8 Å². The molecule has 0 radical (unpaired) electrons. The van der Waals surface area contributed by atoms with Crippen LogP contribution in [-0.4, -0.2) is 78.1 Å². The highest BCUT2D eigenvalue weighted by atomic mass is 16.5. The van der Waals surface area contributed by atoms with E-state index in [2.05, 4.69) is 31.7 Å². The molecular formula is C34H46N4O5. The van der Waals surface area contributed by atoms with Crippen molar-refractivity contribution >= 4 is 23.5 Å². The van der Waals surface area contributed by atoms with Gasteiger partial charge >= 0.3 is 5.97 Å². The molecule has 2 aromatic rings. The number of fused-ring (bicyclic) bond motifs is 1. The van der Waals surface area contributed by atoms with Crippen LogP contribution in [0.4, 0.5) is 5.69 Å². The number of likely N-dealkylation sites (tertiary alicyclic amines) is 2. The molecule has 0 aliphatic carbocycles. The molecule has 0 spiro atoms. The molecule has 0 aromatic heterocycles. The summed E-state index contributed by atoms with van der Waals surface area (Å²) >= 11 is 0. The summed E-state index contributed by atoms with van der Waals surface area (Å²) in [4.78, 5) is 45.5. The summed E-state index contributed by atoms with van der Waals surface area (Å²) in [6.07, 6.45) is 3.59. The van der Waals surface area contributed by atoms with Crippen LogP contribution in [0.1, 0.15) is 69.1 Å². The zero-order chi connectivity index (χ0) is 30.7. The van der Waals surface area contributed by atoms with Gasteiger partial charge in [-0.3, -0.25) is 19.3 Å². The van der Waals surface area contributed by atoms with Crippen molar-refractivity contribution in [1.29, 1.82) is 0 Å². The molecule has 3 atom stereocenters. The van der Waals surface area contributed by atoms with Gasteiger partial charge in [-0.05, 0) is 53.1 Å². The number of benzene rings is 2. The van der Waals surface area contributed by atoms with Crippen LogP contribution in [0.2, 0.25) is 0 Å². The number of carboxylic acids is 1. The van der Waals surface area contributed by atoms with Crippen molar-refractivity contribution in [3.8, 4) is 5.75 Å². The standard InChI is InChI=1S/C34H46N4O5/c1-4-5-13-38(26-8-6-7-23(16-26)19-35)31(40)21-37-20-27(24-9-10-29-25(17-24)12-15-43-29)32(33(41)42)28(37)11-14-36-22-34(2,3)18-30(36)39/h6-10,16-17,27-28,32H,4-5,11-15,18-22,35H2,1-3H3,(H,41,42). The molecule has 5 rings (SSSR count). The van der Waals surface area contributed by atoms with Crippen LogP contribution in [-0.2, 0) is 27.3 Å². The van der Waals surface area contributed by atoms with Gasteiger partial charge in [0.05, 0.1) is 19.1 Å². The lowest BCUT2D eigenvalue weighted by Crippen LogP contribution is -2.45. The second-order valence-corrected chi connectivity index (χ2v) is 13.2. The van der Waals surface area contributed by atoms with E-state index in [-0.39, 0.29) is 29.7 Å². The number of carboxylic acid groups (broad SMARTS) is 1. The Balaban J connectivity index is 1.43. The lowest BCUT2D eigenvalue weighted by molar-refractivity contribution is -0.143. The molecule has 232 valence electrons. The average molecular weight is 591 g/mol. The van der Waals surface area contributed by atoms with Crippen LogP contribution in [0.3, 0.4) is 0 Å². The van der Waals surface area contributed by atoms with Crippen molar-refractivity contribution in [3.63, 3.8) is 0 Å². The highest BCUT2D eigenvalue weighted by Crippen LogP contribution is 2.41. The fourth-order valence-electron chi connectivity index (χ4n) is 7.13. The third-order valence-corrected chi connectivity index (χ3v) is 9.30. The first-order chi connectivity index (χ1) is 20.6. The third kappa shape index (κ3) is 6.88. The number of hydrogen-bond acceptors (Lipinski definition) is 6. The Morgan fingerprint density at radius 3 is 2.70 bits per heavy atom. The van der Waals surface area contributed by atoms with Crippen LogP contribution in [0.5, 0.6) is 5.75 Å². The number of amides is 2. The Morgan fingerprint density at radius 1 is 1.19 bits per heavy atom. The second kappa shape index (κ2) is 13.1. The number of carbonyl (C=O) groups is 3. The Kier molecular flexibility index (Phi) is 9.42. The van der Waals surface area contributed by atoms with Gasteiger partial charge < -0.3 is 25.4 Å². The zero-order valence-electron chi connectivity index (χ0n) is 25.8. The highest BCUT2D eigenvalue weighted by molar-refractivity contribution is 5.95. The number of nitrogens with two attached hydrogens (primary N) is 1. The Labute approximate surface area is 255 Å². The van der Waals surface area contributed by atoms with E-state index in [0.717, 1.165) is 47.4 Å². The first kappa shape index (κ1) is 31.0. The summed E-state index contributed by atoms with van der Waals surface area (Å²) in [6.45, 7) is 9.57. The summed E-state index contributed by atoms with van der Waals surface area (Å²) in [7, 11) is 0. The molecule has 0 saturated carbocycles. The number of ether oxygens (including phenoxy) is 1. The molecule has 3 heterocycles. The van der Waals surface area contributed by atoms with Crippen LogP contribution >= 0.6 is 0 Å². The van der Waals surface area contributed by atoms with Crippen molar-refractivity contribution in [2.45, 2.75) is 71.4 Å². The minimum atomic E-state index is -0.867. The lowest BCUT2D eigenvalue weighted by atomic mass is 9.83. The van der Waals surface area contributed by atoms with Gasteiger partial charge in [0.25, 0.3) is 0 Å². The Morgan fingerprint density at radius 2 is 2.00 bits per heavy atom. The van der Waals surface area contributed by atoms with E-state index in [9.17, 15) is 19.5 Å². The molecule has 3 unspecified atom stereocenters. The van der Waals surface area contributed by atoms with Crippen LogP contribution in [0.25, 0.3) is 0 Å². The zero-order valence-corrected chi connectivity index (χ0v) is 25.8. The van der Waals surface area contributed by atoms with Gasteiger partial charge in [-0.15, -0.1) is 0 Å². The molecule has 9 heteroatoms. The summed E-state index contributed by atoms with van der Waals surface area (Å²) in [5.74, 6) is -0.941. The lowest BCUT2D eigenvalue weighted by Gasteiger charge is -2.31. The van der Waals surface area contributed by atoms with Crippen molar-refractivity contribution < 1.29 is 24.2 Å². The number of hydrogen-bond donors (Lipinski definition) is 2. The topological polar surface area (TPSA) is 116 Å². The van der Waals surface area contributed by atoms with Crippen molar-refractivity contribution in [1.82, 2.24) is 9.80 Å². The first-order valence-corrected chi connectivity index (χ1v) is 15.7. The monoisotopic (exact) mass is 590 g/mol. The van der Waals surface area contributed by atoms with Gasteiger partial charge in [-0.2, -0.15) is 0 Å². The molecule has 3 N–H and O–H groups in total. The maximum Gasteiger partial charge on any atom is 0.308 e. The number of anilines is 1. The molecule has 0 bridgehead atoms. The van der Waals surface area contributed by atoms with Crippen LogP contribution < -0.4 is 15.4 Å². The van der Waals surface area contributed by atoms with E-state index in [4.69, 9.17) is 10.5 Å². The fraction of sp³-hybridized carbons (Fsp3) is 0.559. The summed E-state index contributed by atoms with van der Waals surface area (Å²) in [5.41, 5.74) is 9.64. The molecule has 3 aliphatic rings. The van der Waals surface area contributed by atoms with Crippen LogP contribution in [0, 0.1) is 11.3 Å². The predicted molar refractivity (Wildman–Crippen MR) is 166 cm³/mol. The maximum atomic E-state index is 14.0. The normalized spacial score (nSPS) is 22.9. The molecule has 3 aliphatic heterocycles. The van der Waals surface area contributed by atoms with E-state index in [1.54, 1.807) is 0 Å². The van der Waals surface area contributed by atoms with Crippen molar-refractivity contribution in [2.75, 3.05) is 44.2 Å². The van der Waals surface area contributed by atoms with Gasteiger partial charge in [0.1, 0.15) is 5.75 Å². The minimum absolute atomic E-state index is 0.0573. The highest BCUT2D eigenvalue weighted by Gasteiger charge is 2.48. The summed E-state index contributed by atoms with van der Waals surface area (Å²) < 4.78 is 5.70. The molecule has 43 heavy (non-hydrogen) atoms. The van der Waals surface area contributed by atoms with E-state index in [1.807, 2.05) is 46.2 Å². The molecule has 2 fully saturated rings. The number of unbranched alkanes of at least 4 members (excludes halogenated alkanes) is 1. The smallest absolute Gasteiger partial charge is 0.308 e. The summed E-state index contributed by atoms with van der Waals surface area (Å²) in [5, 5.41) is 10.6. The molecule has 2 aromatic carbocycles. The van der Waals surface area contributed by atoms with E-state index < -0.39 is 17.9 Å². The Hall–Kier alpha value is -3.43. The summed E-state index contributed by atoms with van der Waals surface area (Å²) in [6, 6.07) is 13.4. The van der Waals surface area contributed by atoms with E-state index in [1.165, 1.54) is 0 Å². The van der Waals surface area contributed by atoms with Crippen LogP contribution in [0.15, 0.2) is 42.5 Å². The molecular weight excluding hydrogens is 544 g/mol. The van der Waals surface area contributed by atoms with Gasteiger partial charge in [0.15, 0.2) is 0 Å². The SMILES string of the molecule is CCCCN(C(=O)CN1CC(c2ccc3c(c2)CCO3)C(C(=O)O)C1CCN1CC(C)(C)CC1=O)c1cccc(CN)c1. The Bertz CT molecular complexity index is 1340.